The maximum atomic E-state index is 12.2. The Kier molecular flexibility index (Phi) is 6.26. The number of benzene rings is 1. The van der Waals surface area contributed by atoms with Gasteiger partial charge in [0, 0.05) is 18.0 Å². The van der Waals surface area contributed by atoms with E-state index in [2.05, 4.69) is 38.5 Å². The van der Waals surface area contributed by atoms with Crippen LogP contribution in [0.3, 0.4) is 0 Å². The van der Waals surface area contributed by atoms with Gasteiger partial charge in [0.25, 0.3) is 0 Å². The first kappa shape index (κ1) is 18.4. The van der Waals surface area contributed by atoms with Crippen LogP contribution in [-0.4, -0.2) is 48.4 Å². The normalized spacial score (nSPS) is 16.8. The van der Waals surface area contributed by atoms with Crippen LogP contribution < -0.4 is 20.7 Å². The molecule has 1 aromatic heterocycles. The first-order valence-corrected chi connectivity index (χ1v) is 8.69. The summed E-state index contributed by atoms with van der Waals surface area (Å²) in [6.07, 6.45) is 3.05. The Hall–Kier alpha value is -2.36. The number of ether oxygens (including phenoxy) is 2. The molecule has 1 saturated heterocycles. The number of rotatable bonds is 5. The summed E-state index contributed by atoms with van der Waals surface area (Å²) in [5.41, 5.74) is 1.28. The number of amides is 2. The molecule has 138 valence electrons. The third kappa shape index (κ3) is 5.32. The van der Waals surface area contributed by atoms with Crippen molar-refractivity contribution in [1.82, 2.24) is 15.3 Å². The molecule has 1 aliphatic heterocycles. The molecule has 26 heavy (non-hydrogen) atoms. The number of aromatic nitrogens is 2. The Morgan fingerprint density at radius 3 is 3.00 bits per heavy atom. The van der Waals surface area contributed by atoms with E-state index in [0.717, 1.165) is 18.8 Å². The zero-order chi connectivity index (χ0) is 18.4. The number of anilines is 2. The molecule has 8 nitrogen and oxygen atoms in total. The molecular formula is C17H21N5O3S. The number of carbonyl (C=O) groups excluding carboxylic acids is 1. The van der Waals surface area contributed by atoms with Crippen molar-refractivity contribution in [1.29, 1.82) is 0 Å². The smallest absolute Gasteiger partial charge is 0.325 e. The van der Waals surface area contributed by atoms with Gasteiger partial charge in [-0.1, -0.05) is 0 Å². The van der Waals surface area contributed by atoms with Crippen LogP contribution in [0, 0.1) is 6.92 Å². The van der Waals surface area contributed by atoms with Gasteiger partial charge in [0.2, 0.25) is 0 Å². The predicted octanol–water partition coefficient (Wildman–Crippen LogP) is 2.08. The summed E-state index contributed by atoms with van der Waals surface area (Å²) in [6.45, 7) is 4.46. The molecule has 2 aromatic rings. The molecule has 1 aliphatic rings. The Morgan fingerprint density at radius 2 is 2.27 bits per heavy atom. The minimum Gasteiger partial charge on any atom is -0.489 e. The van der Waals surface area contributed by atoms with Crippen molar-refractivity contribution in [2.75, 3.05) is 36.9 Å². The molecule has 0 bridgehead atoms. The van der Waals surface area contributed by atoms with Gasteiger partial charge in [-0.15, -0.1) is 12.6 Å². The van der Waals surface area contributed by atoms with E-state index in [0.29, 0.717) is 35.4 Å². The fourth-order valence-corrected chi connectivity index (χ4v) is 2.58. The van der Waals surface area contributed by atoms with Crippen molar-refractivity contribution in [2.45, 2.75) is 17.9 Å². The highest BCUT2D eigenvalue weighted by molar-refractivity contribution is 7.80. The number of urea groups is 1. The second-order valence-corrected chi connectivity index (χ2v) is 6.33. The molecular weight excluding hydrogens is 354 g/mol. The van der Waals surface area contributed by atoms with Crippen LogP contribution in [0.5, 0.6) is 5.75 Å². The molecule has 9 heteroatoms. The average molecular weight is 375 g/mol. The fourth-order valence-electron chi connectivity index (χ4n) is 2.38. The topological polar surface area (TPSA) is 97.4 Å². The van der Waals surface area contributed by atoms with Gasteiger partial charge in [-0.3, -0.25) is 10.3 Å². The van der Waals surface area contributed by atoms with Crippen LogP contribution in [0.2, 0.25) is 0 Å². The largest absolute Gasteiger partial charge is 0.489 e. The number of hydrogen-bond acceptors (Lipinski definition) is 7. The molecule has 0 unspecified atom stereocenters. The van der Waals surface area contributed by atoms with Gasteiger partial charge < -0.3 is 20.1 Å². The van der Waals surface area contributed by atoms with Crippen molar-refractivity contribution in [3.05, 3.63) is 36.3 Å². The number of nitrogens with zero attached hydrogens (tertiary/aromatic N) is 2. The Labute approximate surface area is 157 Å². The number of nitrogens with one attached hydrogen (secondary N) is 3. The van der Waals surface area contributed by atoms with Crippen molar-refractivity contribution in [2.24, 2.45) is 0 Å². The van der Waals surface area contributed by atoms with Crippen LogP contribution >= 0.6 is 12.6 Å². The second kappa shape index (κ2) is 8.84. The van der Waals surface area contributed by atoms with E-state index in [4.69, 9.17) is 9.47 Å². The first-order chi connectivity index (χ1) is 12.6. The molecule has 1 atom stereocenters. The lowest BCUT2D eigenvalue weighted by molar-refractivity contribution is 0.000342. The molecule has 1 fully saturated rings. The van der Waals surface area contributed by atoms with Crippen LogP contribution in [0.15, 0.2) is 35.5 Å². The van der Waals surface area contributed by atoms with Crippen molar-refractivity contribution in [3.63, 3.8) is 0 Å². The number of thiol groups is 1. The maximum absolute atomic E-state index is 12.2. The lowest BCUT2D eigenvalue weighted by atomic mass is 10.3. The molecule has 0 aliphatic carbocycles. The molecule has 0 radical (unpaired) electrons. The predicted molar refractivity (Wildman–Crippen MR) is 101 cm³/mol. The van der Waals surface area contributed by atoms with Gasteiger partial charge in [-0.05, 0) is 25.1 Å². The van der Waals surface area contributed by atoms with E-state index in [1.165, 1.54) is 6.20 Å². The highest BCUT2D eigenvalue weighted by Gasteiger charge is 2.16. The van der Waals surface area contributed by atoms with Crippen molar-refractivity contribution >= 4 is 30.2 Å². The van der Waals surface area contributed by atoms with E-state index in [1.54, 1.807) is 24.4 Å². The Balaban J connectivity index is 1.62. The van der Waals surface area contributed by atoms with Crippen molar-refractivity contribution in [3.8, 4) is 5.75 Å². The lowest BCUT2D eigenvalue weighted by Gasteiger charge is -2.24. The van der Waals surface area contributed by atoms with Crippen molar-refractivity contribution < 1.29 is 14.3 Å². The minimum atomic E-state index is -0.442. The summed E-state index contributed by atoms with van der Waals surface area (Å²) in [7, 11) is 0. The van der Waals surface area contributed by atoms with E-state index in [-0.39, 0.29) is 6.10 Å². The minimum absolute atomic E-state index is 0.0241. The van der Waals surface area contributed by atoms with Crippen LogP contribution in [0.4, 0.5) is 16.3 Å². The van der Waals surface area contributed by atoms with Crippen LogP contribution in [0.1, 0.15) is 5.69 Å². The summed E-state index contributed by atoms with van der Waals surface area (Å²) in [5.74, 6) is 0.904. The zero-order valence-corrected chi connectivity index (χ0v) is 15.3. The lowest BCUT2D eigenvalue weighted by Crippen LogP contribution is -2.41. The molecule has 2 heterocycles. The third-order valence-corrected chi connectivity index (χ3v) is 3.94. The highest BCUT2D eigenvalue weighted by Crippen LogP contribution is 2.28. The second-order valence-electron chi connectivity index (χ2n) is 5.81. The molecule has 3 rings (SSSR count). The SMILES string of the molecule is Cc1cnc(NC(=O)Nc2cc(S)ccc2OC[C@H]2CNCCO2)cn1. The quantitative estimate of drug-likeness (QED) is 0.598. The van der Waals surface area contributed by atoms with Gasteiger partial charge in [-0.25, -0.2) is 9.78 Å². The fraction of sp³-hybridized carbons (Fsp3) is 0.353. The van der Waals surface area contributed by atoms with Crippen LogP contribution in [-0.2, 0) is 4.74 Å². The first-order valence-electron chi connectivity index (χ1n) is 8.25. The number of carbonyl (C=O) groups is 1. The Morgan fingerprint density at radius 1 is 1.38 bits per heavy atom. The monoisotopic (exact) mass is 375 g/mol. The summed E-state index contributed by atoms with van der Waals surface area (Å²) >= 11 is 4.32. The molecule has 0 saturated carbocycles. The Bertz CT molecular complexity index is 751. The number of aryl methyl sites for hydroxylation is 1. The average Bonchev–Trinajstić information content (AvgIpc) is 2.64. The van der Waals surface area contributed by atoms with E-state index in [9.17, 15) is 4.79 Å². The molecule has 3 N–H and O–H groups in total. The maximum Gasteiger partial charge on any atom is 0.325 e. The van der Waals surface area contributed by atoms with Gasteiger partial charge in [0.1, 0.15) is 18.5 Å². The summed E-state index contributed by atoms with van der Waals surface area (Å²) < 4.78 is 11.4. The van der Waals surface area contributed by atoms with E-state index < -0.39 is 6.03 Å². The van der Waals surface area contributed by atoms with Gasteiger partial charge in [-0.2, -0.15) is 0 Å². The molecule has 0 spiro atoms. The zero-order valence-electron chi connectivity index (χ0n) is 14.4. The molecule has 2 amide bonds. The van der Waals surface area contributed by atoms with E-state index >= 15 is 0 Å². The van der Waals surface area contributed by atoms with Gasteiger partial charge in [0.15, 0.2) is 5.82 Å². The third-order valence-electron chi connectivity index (χ3n) is 3.66. The summed E-state index contributed by atoms with van der Waals surface area (Å²) in [5, 5.41) is 8.63. The number of hydrogen-bond donors (Lipinski definition) is 4. The van der Waals surface area contributed by atoms with Crippen LogP contribution in [0.25, 0.3) is 0 Å². The summed E-state index contributed by atoms with van der Waals surface area (Å²) in [4.78, 5) is 21.1. The van der Waals surface area contributed by atoms with E-state index in [1.807, 2.05) is 6.92 Å². The number of morpholine rings is 1. The van der Waals surface area contributed by atoms with Gasteiger partial charge >= 0.3 is 6.03 Å². The summed E-state index contributed by atoms with van der Waals surface area (Å²) in [6, 6.07) is 4.84. The highest BCUT2D eigenvalue weighted by atomic mass is 32.1. The van der Waals surface area contributed by atoms with Gasteiger partial charge in [0.05, 0.1) is 30.4 Å². The standard InChI is InChI=1S/C17H21N5O3S/c1-11-7-20-16(9-19-11)22-17(23)21-14-6-13(26)2-3-15(14)25-10-12-8-18-4-5-24-12/h2-3,6-7,9,12,18,26H,4-5,8,10H2,1H3,(H2,20,21,22,23)/t12-/m1/s1. The molecule has 1 aromatic carbocycles.